The Balaban J connectivity index is 2.87. The highest BCUT2D eigenvalue weighted by Gasteiger charge is 2.25. The van der Waals surface area contributed by atoms with Gasteiger partial charge in [-0.15, -0.1) is 0 Å². The highest BCUT2D eigenvalue weighted by molar-refractivity contribution is 7.89. The minimum absolute atomic E-state index is 0.137. The van der Waals surface area contributed by atoms with Crippen molar-refractivity contribution in [2.45, 2.75) is 31.2 Å². The highest BCUT2D eigenvalue weighted by Crippen LogP contribution is 2.16. The molecule has 0 aliphatic carbocycles. The predicted molar refractivity (Wildman–Crippen MR) is 65.8 cm³/mol. The number of hydrogen-bond donors (Lipinski definition) is 3. The Morgan fingerprint density at radius 1 is 1.50 bits per heavy atom. The quantitative estimate of drug-likeness (QED) is 0.635. The first-order chi connectivity index (χ1) is 8.42. The zero-order valence-corrected chi connectivity index (χ0v) is 11.5. The Labute approximate surface area is 107 Å². The lowest BCUT2D eigenvalue weighted by atomic mass is 10.2. The summed E-state index contributed by atoms with van der Waals surface area (Å²) >= 11 is 0. The Hall–Kier alpha value is -0.960. The van der Waals surface area contributed by atoms with Gasteiger partial charge in [0.2, 0.25) is 10.0 Å². The maximum atomic E-state index is 12.1. The van der Waals surface area contributed by atoms with Crippen LogP contribution in [-0.4, -0.2) is 50.1 Å². The van der Waals surface area contributed by atoms with Crippen LogP contribution >= 0.6 is 0 Å². The molecule has 1 unspecified atom stereocenters. The van der Waals surface area contributed by atoms with Gasteiger partial charge in [-0.25, -0.2) is 13.1 Å². The van der Waals surface area contributed by atoms with Crippen molar-refractivity contribution in [1.29, 1.82) is 0 Å². The number of rotatable bonds is 7. The lowest BCUT2D eigenvalue weighted by Gasteiger charge is -2.16. The van der Waals surface area contributed by atoms with Crippen molar-refractivity contribution in [3.05, 3.63) is 11.4 Å². The number of H-pyrrole nitrogens is 1. The molecule has 7 nitrogen and oxygen atoms in total. The zero-order chi connectivity index (χ0) is 13.8. The van der Waals surface area contributed by atoms with Crippen molar-refractivity contribution in [1.82, 2.24) is 14.9 Å². The van der Waals surface area contributed by atoms with Crippen LogP contribution < -0.4 is 4.72 Å². The standard InChI is InChI=1S/C10H19N3O4S/c1-7-10(8(2)12-11-7)18(15,16)13-9(6-14)4-5-17-3/h9,13-14H,4-6H2,1-3H3,(H,11,12). The van der Waals surface area contributed by atoms with Crippen LogP contribution in [0.3, 0.4) is 0 Å². The molecule has 1 rings (SSSR count). The minimum Gasteiger partial charge on any atom is -0.395 e. The smallest absolute Gasteiger partial charge is 0.244 e. The Bertz CT molecular complexity index is 464. The number of aromatic nitrogens is 2. The van der Waals surface area contributed by atoms with Crippen molar-refractivity contribution in [2.24, 2.45) is 0 Å². The molecule has 0 spiro atoms. The van der Waals surface area contributed by atoms with E-state index in [0.717, 1.165) is 0 Å². The highest BCUT2D eigenvalue weighted by atomic mass is 32.2. The topological polar surface area (TPSA) is 104 Å². The Morgan fingerprint density at radius 3 is 2.61 bits per heavy atom. The molecule has 0 fully saturated rings. The average molecular weight is 277 g/mol. The van der Waals surface area contributed by atoms with E-state index < -0.39 is 16.1 Å². The van der Waals surface area contributed by atoms with E-state index in [2.05, 4.69) is 14.9 Å². The zero-order valence-electron chi connectivity index (χ0n) is 10.7. The summed E-state index contributed by atoms with van der Waals surface area (Å²) in [5, 5.41) is 15.6. The molecule has 1 aromatic heterocycles. The average Bonchev–Trinajstić information content (AvgIpc) is 2.64. The van der Waals surface area contributed by atoms with E-state index in [9.17, 15) is 8.42 Å². The van der Waals surface area contributed by atoms with Crippen molar-refractivity contribution in [3.63, 3.8) is 0 Å². The third kappa shape index (κ3) is 3.52. The molecular formula is C10H19N3O4S. The number of nitrogens with zero attached hydrogens (tertiary/aromatic N) is 1. The molecule has 0 saturated heterocycles. The number of aliphatic hydroxyl groups excluding tert-OH is 1. The van der Waals surface area contributed by atoms with Crippen LogP contribution in [0.2, 0.25) is 0 Å². The number of sulfonamides is 1. The van der Waals surface area contributed by atoms with Gasteiger partial charge in [0.25, 0.3) is 0 Å². The van der Waals surface area contributed by atoms with Crippen molar-refractivity contribution < 1.29 is 18.3 Å². The van der Waals surface area contributed by atoms with Gasteiger partial charge >= 0.3 is 0 Å². The molecule has 0 aliphatic rings. The SMILES string of the molecule is COCCC(CO)NS(=O)(=O)c1c(C)n[nH]c1C. The van der Waals surface area contributed by atoms with Gasteiger partial charge in [-0.05, 0) is 20.3 Å². The number of methoxy groups -OCH3 is 1. The monoisotopic (exact) mass is 277 g/mol. The number of ether oxygens (including phenoxy) is 1. The van der Waals surface area contributed by atoms with Crippen LogP contribution in [-0.2, 0) is 14.8 Å². The number of aryl methyl sites for hydroxylation is 2. The van der Waals surface area contributed by atoms with Crippen molar-refractivity contribution in [3.8, 4) is 0 Å². The van der Waals surface area contributed by atoms with Crippen LogP contribution in [0, 0.1) is 13.8 Å². The molecule has 18 heavy (non-hydrogen) atoms. The Morgan fingerprint density at radius 2 is 2.17 bits per heavy atom. The molecule has 0 amide bonds. The molecule has 1 heterocycles. The summed E-state index contributed by atoms with van der Waals surface area (Å²) in [5.41, 5.74) is 0.881. The summed E-state index contributed by atoms with van der Waals surface area (Å²) < 4.78 is 31.6. The maximum Gasteiger partial charge on any atom is 0.244 e. The summed E-state index contributed by atoms with van der Waals surface area (Å²) in [6, 6.07) is -0.566. The molecule has 0 aromatic carbocycles. The van der Waals surface area contributed by atoms with E-state index in [0.29, 0.717) is 24.4 Å². The second-order valence-corrected chi connectivity index (χ2v) is 5.70. The van der Waals surface area contributed by atoms with Crippen LogP contribution in [0.1, 0.15) is 17.8 Å². The number of aromatic amines is 1. The lowest BCUT2D eigenvalue weighted by molar-refractivity contribution is 0.166. The van der Waals surface area contributed by atoms with Gasteiger partial charge in [0.05, 0.1) is 18.0 Å². The van der Waals surface area contributed by atoms with E-state index in [1.165, 1.54) is 7.11 Å². The molecule has 0 saturated carbocycles. The molecule has 104 valence electrons. The van der Waals surface area contributed by atoms with Crippen LogP contribution in [0.5, 0.6) is 0 Å². The molecule has 8 heteroatoms. The molecule has 0 aliphatic heterocycles. The van der Waals surface area contributed by atoms with E-state index >= 15 is 0 Å². The fourth-order valence-electron chi connectivity index (χ4n) is 1.66. The number of nitrogens with one attached hydrogen (secondary N) is 2. The van der Waals surface area contributed by atoms with Crippen LogP contribution in [0.25, 0.3) is 0 Å². The largest absolute Gasteiger partial charge is 0.395 e. The summed E-state index contributed by atoms with van der Waals surface area (Å²) in [4.78, 5) is 0.137. The van der Waals surface area contributed by atoms with Gasteiger partial charge in [-0.2, -0.15) is 5.10 Å². The lowest BCUT2D eigenvalue weighted by Crippen LogP contribution is -2.38. The van der Waals surface area contributed by atoms with Crippen molar-refractivity contribution >= 4 is 10.0 Å². The summed E-state index contributed by atoms with van der Waals surface area (Å²) in [7, 11) is -2.16. The van der Waals surface area contributed by atoms with E-state index in [4.69, 9.17) is 9.84 Å². The third-order valence-electron chi connectivity index (χ3n) is 2.54. The first kappa shape index (κ1) is 15.1. The number of aliphatic hydroxyl groups is 1. The minimum atomic E-state index is -3.68. The predicted octanol–water partition coefficient (Wildman–Crippen LogP) is -0.298. The second kappa shape index (κ2) is 6.28. The van der Waals surface area contributed by atoms with Gasteiger partial charge in [-0.3, -0.25) is 5.10 Å². The van der Waals surface area contributed by atoms with Gasteiger partial charge in [0.15, 0.2) is 0 Å². The molecular weight excluding hydrogens is 258 g/mol. The summed E-state index contributed by atoms with van der Waals surface area (Å²) in [5.74, 6) is 0. The van der Waals surface area contributed by atoms with E-state index in [1.54, 1.807) is 13.8 Å². The maximum absolute atomic E-state index is 12.1. The second-order valence-electron chi connectivity index (χ2n) is 4.05. The summed E-state index contributed by atoms with van der Waals surface area (Å²) in [6.07, 6.45) is 0.405. The van der Waals surface area contributed by atoms with Crippen molar-refractivity contribution in [2.75, 3.05) is 20.3 Å². The van der Waals surface area contributed by atoms with E-state index in [-0.39, 0.29) is 11.5 Å². The first-order valence-corrected chi connectivity index (χ1v) is 7.04. The van der Waals surface area contributed by atoms with Gasteiger partial charge in [-0.1, -0.05) is 0 Å². The van der Waals surface area contributed by atoms with E-state index in [1.807, 2.05) is 0 Å². The fourth-order valence-corrected chi connectivity index (χ4v) is 3.29. The van der Waals surface area contributed by atoms with Gasteiger partial charge in [0.1, 0.15) is 4.90 Å². The third-order valence-corrected chi connectivity index (χ3v) is 4.32. The Kier molecular flexibility index (Phi) is 5.27. The molecule has 1 aromatic rings. The number of hydrogen-bond acceptors (Lipinski definition) is 5. The van der Waals surface area contributed by atoms with Gasteiger partial charge < -0.3 is 9.84 Å². The fraction of sp³-hybridized carbons (Fsp3) is 0.700. The normalized spacial score (nSPS) is 13.8. The van der Waals surface area contributed by atoms with Crippen LogP contribution in [0.4, 0.5) is 0 Å². The van der Waals surface area contributed by atoms with Crippen LogP contribution in [0.15, 0.2) is 4.90 Å². The van der Waals surface area contributed by atoms with Gasteiger partial charge in [0, 0.05) is 19.8 Å². The first-order valence-electron chi connectivity index (χ1n) is 5.56. The summed E-state index contributed by atoms with van der Waals surface area (Å²) in [6.45, 7) is 3.34. The molecule has 0 radical (unpaired) electrons. The molecule has 0 bridgehead atoms. The molecule has 1 atom stereocenters. The molecule has 3 N–H and O–H groups in total.